The van der Waals surface area contributed by atoms with Gasteiger partial charge < -0.3 is 10.6 Å². The van der Waals surface area contributed by atoms with Gasteiger partial charge in [0.25, 0.3) is 0 Å². The van der Waals surface area contributed by atoms with Crippen molar-refractivity contribution in [2.45, 2.75) is 12.1 Å². The Morgan fingerprint density at radius 1 is 1.38 bits per heavy atom. The lowest BCUT2D eigenvalue weighted by atomic mass is 9.95. The summed E-state index contributed by atoms with van der Waals surface area (Å²) in [7, 11) is -4.88. The first-order chi connectivity index (χ1) is 11.3. The fourth-order valence-corrected chi connectivity index (χ4v) is 4.93. The van der Waals surface area contributed by atoms with Crippen molar-refractivity contribution >= 4 is 43.8 Å². The Labute approximate surface area is 140 Å². The van der Waals surface area contributed by atoms with E-state index in [-0.39, 0.29) is 6.54 Å². The average Bonchev–Trinajstić information content (AvgIpc) is 2.99. The summed E-state index contributed by atoms with van der Waals surface area (Å²) < 4.78 is 36.3. The summed E-state index contributed by atoms with van der Waals surface area (Å²) in [5, 5.41) is 1.35. The molecule has 1 unspecified atom stereocenters. The van der Waals surface area contributed by atoms with Gasteiger partial charge in [-0.1, -0.05) is 18.2 Å². The highest BCUT2D eigenvalue weighted by molar-refractivity contribution is 7.80. The lowest BCUT2D eigenvalue weighted by molar-refractivity contribution is -0.122. The normalized spacial score (nSPS) is 23.0. The van der Waals surface area contributed by atoms with Crippen LogP contribution in [0.3, 0.4) is 0 Å². The number of primary amides is 1. The number of hydroxylamine groups is 2. The van der Waals surface area contributed by atoms with E-state index < -0.39 is 34.4 Å². The molecule has 11 heteroatoms. The number of carbonyl (C=O) groups is 2. The van der Waals surface area contributed by atoms with Gasteiger partial charge in [-0.3, -0.25) is 9.35 Å². The first-order valence-electron chi connectivity index (χ1n) is 6.85. The summed E-state index contributed by atoms with van der Waals surface area (Å²) in [6.07, 6.45) is 0. The van der Waals surface area contributed by atoms with Crippen LogP contribution in [0.5, 0.6) is 0 Å². The van der Waals surface area contributed by atoms with E-state index in [0.717, 1.165) is 15.0 Å². The van der Waals surface area contributed by atoms with Crippen molar-refractivity contribution in [3.05, 3.63) is 34.7 Å². The summed E-state index contributed by atoms with van der Waals surface area (Å²) in [5.74, 6) is -0.722. The zero-order chi connectivity index (χ0) is 17.2. The van der Waals surface area contributed by atoms with Crippen LogP contribution in [0.15, 0.2) is 24.3 Å². The molecule has 1 aromatic heterocycles. The maximum atomic E-state index is 12.4. The molecule has 0 radical (unpaired) electrons. The molecule has 0 spiro atoms. The van der Waals surface area contributed by atoms with E-state index in [0.29, 0.717) is 15.5 Å². The van der Waals surface area contributed by atoms with Gasteiger partial charge in [0.2, 0.25) is 5.91 Å². The second kappa shape index (κ2) is 4.89. The van der Waals surface area contributed by atoms with Crippen molar-refractivity contribution in [3.63, 3.8) is 0 Å². The molecule has 0 aliphatic carbocycles. The topological polar surface area (TPSA) is 130 Å². The fraction of sp³-hybridized carbons (Fsp3) is 0.231. The molecule has 1 fully saturated rings. The minimum absolute atomic E-state index is 0.0434. The maximum absolute atomic E-state index is 12.4. The van der Waals surface area contributed by atoms with E-state index in [9.17, 15) is 18.0 Å². The first-order valence-corrected chi connectivity index (χ1v) is 9.03. The molecule has 2 aliphatic rings. The Hall–Kier alpha value is -2.21. The number of benzene rings is 1. The molecule has 2 atom stereocenters. The minimum Gasteiger partial charge on any atom is -0.368 e. The van der Waals surface area contributed by atoms with E-state index in [2.05, 4.69) is 4.28 Å². The molecule has 1 aromatic carbocycles. The molecule has 126 valence electrons. The van der Waals surface area contributed by atoms with Gasteiger partial charge in [0.05, 0.1) is 6.54 Å². The van der Waals surface area contributed by atoms with Crippen molar-refractivity contribution in [3.8, 4) is 0 Å². The molecular weight excluding hydrogens is 358 g/mol. The zero-order valence-corrected chi connectivity index (χ0v) is 13.6. The third-order valence-electron chi connectivity index (χ3n) is 4.08. The quantitative estimate of drug-likeness (QED) is 0.775. The summed E-state index contributed by atoms with van der Waals surface area (Å²) in [6, 6.07) is 4.69. The third-order valence-corrected chi connectivity index (χ3v) is 5.72. The number of nitrogens with two attached hydrogens (primary N) is 1. The average molecular weight is 369 g/mol. The van der Waals surface area contributed by atoms with Crippen LogP contribution in [0.25, 0.3) is 10.1 Å². The highest BCUT2D eigenvalue weighted by atomic mass is 32.3. The van der Waals surface area contributed by atoms with Crippen molar-refractivity contribution in [1.82, 2.24) is 9.96 Å². The minimum atomic E-state index is -4.88. The Morgan fingerprint density at radius 3 is 2.75 bits per heavy atom. The van der Waals surface area contributed by atoms with Crippen LogP contribution in [0.2, 0.25) is 0 Å². The standard InChI is InChI=1S/C13H11N3O6S2/c14-12(17)10-9-6-3-1-2-4-8(6)23-11(9)7-5-15(10)13(18)16(7)22-24(19,20)21/h1-4,7,10H,5H2,(H2,14,17)(H,19,20,21)/t7?,10-/m0/s1. The highest BCUT2D eigenvalue weighted by Crippen LogP contribution is 2.50. The molecule has 24 heavy (non-hydrogen) atoms. The molecule has 2 aromatic rings. The number of rotatable bonds is 3. The SMILES string of the molecule is NC(=O)[C@@H]1c2c(sc3ccccc23)C2CN1C(=O)N2OS(=O)(=O)O. The highest BCUT2D eigenvalue weighted by Gasteiger charge is 2.53. The largest absolute Gasteiger partial charge is 0.418 e. The number of nitrogens with zero attached hydrogens (tertiary/aromatic N) is 2. The number of amides is 3. The van der Waals surface area contributed by atoms with Crippen molar-refractivity contribution < 1.29 is 26.8 Å². The van der Waals surface area contributed by atoms with Gasteiger partial charge in [-0.25, -0.2) is 4.79 Å². The van der Waals surface area contributed by atoms with E-state index >= 15 is 0 Å². The molecule has 3 amide bonds. The summed E-state index contributed by atoms with van der Waals surface area (Å²) >= 11 is 1.33. The van der Waals surface area contributed by atoms with Crippen LogP contribution in [0.4, 0.5) is 4.79 Å². The Balaban J connectivity index is 1.94. The number of urea groups is 1. The maximum Gasteiger partial charge on any atom is 0.418 e. The second-order valence-electron chi connectivity index (χ2n) is 5.46. The molecule has 2 aliphatic heterocycles. The molecular formula is C13H11N3O6S2. The molecule has 4 rings (SSSR count). The number of hydrogen-bond acceptors (Lipinski definition) is 6. The van der Waals surface area contributed by atoms with Gasteiger partial charge in [-0.15, -0.1) is 15.6 Å². The van der Waals surface area contributed by atoms with E-state index in [1.807, 2.05) is 18.2 Å². The van der Waals surface area contributed by atoms with Gasteiger partial charge >= 0.3 is 16.4 Å². The number of hydrogen-bond donors (Lipinski definition) is 2. The van der Waals surface area contributed by atoms with Crippen LogP contribution in [-0.4, -0.2) is 41.4 Å². The fourth-order valence-electron chi connectivity index (χ4n) is 3.25. The monoisotopic (exact) mass is 369 g/mol. The molecule has 3 heterocycles. The lowest BCUT2D eigenvalue weighted by Crippen LogP contribution is -2.41. The van der Waals surface area contributed by atoms with Crippen LogP contribution >= 0.6 is 11.3 Å². The smallest absolute Gasteiger partial charge is 0.368 e. The van der Waals surface area contributed by atoms with Gasteiger partial charge in [0.1, 0.15) is 12.1 Å². The second-order valence-corrected chi connectivity index (χ2v) is 7.55. The lowest BCUT2D eigenvalue weighted by Gasteiger charge is -2.28. The Bertz CT molecular complexity index is 985. The van der Waals surface area contributed by atoms with Gasteiger partial charge in [0, 0.05) is 15.1 Å². The van der Waals surface area contributed by atoms with Gasteiger partial charge in [-0.2, -0.15) is 13.5 Å². The van der Waals surface area contributed by atoms with Gasteiger partial charge in [0.15, 0.2) is 0 Å². The summed E-state index contributed by atoms with van der Waals surface area (Å²) in [4.78, 5) is 26.2. The number of fused-ring (bicyclic) bond motifs is 6. The van der Waals surface area contributed by atoms with Crippen LogP contribution in [0, 0.1) is 0 Å². The Morgan fingerprint density at radius 2 is 2.08 bits per heavy atom. The number of thiophene rings is 1. The van der Waals surface area contributed by atoms with Crippen molar-refractivity contribution in [2.24, 2.45) is 5.73 Å². The first kappa shape index (κ1) is 15.3. The molecule has 1 saturated heterocycles. The van der Waals surface area contributed by atoms with E-state index in [1.54, 1.807) is 6.07 Å². The summed E-state index contributed by atoms with van der Waals surface area (Å²) in [5.41, 5.74) is 6.07. The van der Waals surface area contributed by atoms with Crippen molar-refractivity contribution in [1.29, 1.82) is 0 Å². The van der Waals surface area contributed by atoms with Crippen LogP contribution in [-0.2, 0) is 19.5 Å². The van der Waals surface area contributed by atoms with Crippen molar-refractivity contribution in [2.75, 3.05) is 6.54 Å². The van der Waals surface area contributed by atoms with E-state index in [1.165, 1.54) is 11.3 Å². The molecule has 3 N–H and O–H groups in total. The number of carbonyl (C=O) groups excluding carboxylic acids is 2. The van der Waals surface area contributed by atoms with Gasteiger partial charge in [-0.05, 0) is 11.5 Å². The predicted octanol–water partition coefficient (Wildman–Crippen LogP) is 0.954. The third kappa shape index (κ3) is 2.09. The predicted molar refractivity (Wildman–Crippen MR) is 83.1 cm³/mol. The van der Waals surface area contributed by atoms with Crippen LogP contribution in [0.1, 0.15) is 22.5 Å². The molecule has 9 nitrogen and oxygen atoms in total. The molecule has 0 saturated carbocycles. The summed E-state index contributed by atoms with van der Waals surface area (Å²) in [6.45, 7) is 0.0434. The van der Waals surface area contributed by atoms with E-state index in [4.69, 9.17) is 10.3 Å². The zero-order valence-electron chi connectivity index (χ0n) is 11.9. The molecule has 2 bridgehead atoms. The Kier molecular flexibility index (Phi) is 3.12. The van der Waals surface area contributed by atoms with Crippen LogP contribution < -0.4 is 5.73 Å².